The van der Waals surface area contributed by atoms with Crippen LogP contribution in [0.4, 0.5) is 0 Å². The molecule has 0 bridgehead atoms. The largest absolute Gasteiger partial charge is 0.393 e. The molecule has 0 saturated carbocycles. The molecule has 0 amide bonds. The maximum atomic E-state index is 11.1. The van der Waals surface area contributed by atoms with Crippen molar-refractivity contribution in [3.05, 3.63) is 12.5 Å². The molecule has 0 aliphatic carbocycles. The lowest BCUT2D eigenvalue weighted by atomic mass is 10.1. The predicted molar refractivity (Wildman–Crippen MR) is 49.0 cm³/mol. The van der Waals surface area contributed by atoms with Gasteiger partial charge in [0.2, 0.25) is 0 Å². The van der Waals surface area contributed by atoms with Crippen molar-refractivity contribution in [1.29, 1.82) is 0 Å². The third kappa shape index (κ3) is 4.07. The zero-order valence-corrected chi connectivity index (χ0v) is 8.08. The number of hydrogen-bond donors (Lipinski definition) is 0. The minimum absolute atomic E-state index is 0.207. The van der Waals surface area contributed by atoms with Gasteiger partial charge in [-0.3, -0.25) is 9.59 Å². The molecule has 1 fully saturated rings. The highest BCUT2D eigenvalue weighted by molar-refractivity contribution is 5.73. The van der Waals surface area contributed by atoms with E-state index in [2.05, 4.69) is 16.1 Å². The van der Waals surface area contributed by atoms with Crippen molar-refractivity contribution in [1.82, 2.24) is 0 Å². The van der Waals surface area contributed by atoms with Crippen LogP contribution in [-0.2, 0) is 19.1 Å². The zero-order chi connectivity index (χ0) is 10.4. The Kier molecular flexibility index (Phi) is 4.16. The van der Waals surface area contributed by atoms with Crippen molar-refractivity contribution in [3.63, 3.8) is 0 Å². The molecule has 1 rings (SSSR count). The van der Waals surface area contributed by atoms with Crippen molar-refractivity contribution < 1.29 is 19.1 Å². The Morgan fingerprint density at radius 3 is 1.71 bits per heavy atom. The minimum atomic E-state index is -0.385. The zero-order valence-electron chi connectivity index (χ0n) is 8.08. The molecular weight excluding hydrogens is 184 g/mol. The van der Waals surface area contributed by atoms with Crippen LogP contribution < -0.4 is 0 Å². The van der Waals surface area contributed by atoms with Gasteiger partial charge in [0.1, 0.15) is 0 Å². The molecule has 0 atom stereocenters. The number of ether oxygens (including phenoxy) is 2. The number of carbonyl (C=O) groups excluding carboxylic acids is 2. The molecule has 14 heavy (non-hydrogen) atoms. The van der Waals surface area contributed by atoms with E-state index in [-0.39, 0.29) is 17.9 Å². The Morgan fingerprint density at radius 1 is 0.857 bits per heavy atom. The van der Waals surface area contributed by atoms with Gasteiger partial charge in [0.25, 0.3) is 5.95 Å². The predicted octanol–water partition coefficient (Wildman–Crippen LogP) is 1.90. The fourth-order valence-corrected chi connectivity index (χ4v) is 1.27. The monoisotopic (exact) mass is 198 g/mol. The summed E-state index contributed by atoms with van der Waals surface area (Å²) in [5, 5.41) is 0. The van der Waals surface area contributed by atoms with Crippen LogP contribution in [0.1, 0.15) is 38.5 Å². The number of cyclic esters (lactones) is 2. The van der Waals surface area contributed by atoms with Gasteiger partial charge in [-0.25, -0.2) is 0 Å². The van der Waals surface area contributed by atoms with Crippen LogP contribution in [0.3, 0.4) is 0 Å². The summed E-state index contributed by atoms with van der Waals surface area (Å²) in [6.45, 7) is 3.33. The van der Waals surface area contributed by atoms with E-state index in [1.54, 1.807) is 0 Å². The second kappa shape index (κ2) is 5.42. The fraction of sp³-hybridized carbons (Fsp3) is 0.600. The summed E-state index contributed by atoms with van der Waals surface area (Å²) in [5.74, 6) is -0.976. The maximum absolute atomic E-state index is 11.1. The highest BCUT2D eigenvalue weighted by Gasteiger charge is 2.12. The van der Waals surface area contributed by atoms with Crippen LogP contribution in [0.25, 0.3) is 0 Å². The molecule has 0 unspecified atom stereocenters. The first kappa shape index (κ1) is 10.8. The molecule has 0 N–H and O–H groups in total. The van der Waals surface area contributed by atoms with E-state index in [9.17, 15) is 9.59 Å². The summed E-state index contributed by atoms with van der Waals surface area (Å²) in [5.41, 5.74) is 0. The standard InChI is InChI=1S/C10H14O4/c1-8-13-9(11)6-4-2-3-5-7-10(12)14-8/h1-7H2. The van der Waals surface area contributed by atoms with Crippen molar-refractivity contribution >= 4 is 11.9 Å². The quantitative estimate of drug-likeness (QED) is 0.558. The lowest BCUT2D eigenvalue weighted by Crippen LogP contribution is -2.09. The molecule has 0 spiro atoms. The number of carbonyl (C=O) groups is 2. The van der Waals surface area contributed by atoms with Gasteiger partial charge in [-0.15, -0.1) is 0 Å². The van der Waals surface area contributed by atoms with Gasteiger partial charge >= 0.3 is 11.9 Å². The Hall–Kier alpha value is -1.32. The second-order valence-electron chi connectivity index (χ2n) is 3.23. The van der Waals surface area contributed by atoms with Gasteiger partial charge < -0.3 is 9.47 Å². The third-order valence-electron chi connectivity index (χ3n) is 1.97. The van der Waals surface area contributed by atoms with Crippen LogP contribution in [0.15, 0.2) is 12.5 Å². The highest BCUT2D eigenvalue weighted by atomic mass is 16.7. The van der Waals surface area contributed by atoms with E-state index in [1.165, 1.54) is 0 Å². The lowest BCUT2D eigenvalue weighted by Gasteiger charge is -2.05. The minimum Gasteiger partial charge on any atom is -0.393 e. The Balaban J connectivity index is 2.48. The van der Waals surface area contributed by atoms with Gasteiger partial charge in [0, 0.05) is 12.8 Å². The van der Waals surface area contributed by atoms with E-state index >= 15 is 0 Å². The van der Waals surface area contributed by atoms with Crippen molar-refractivity contribution in [3.8, 4) is 0 Å². The highest BCUT2D eigenvalue weighted by Crippen LogP contribution is 2.11. The number of esters is 2. The molecule has 78 valence electrons. The summed E-state index contributed by atoms with van der Waals surface area (Å²) in [7, 11) is 0. The third-order valence-corrected chi connectivity index (χ3v) is 1.97. The molecule has 4 heteroatoms. The van der Waals surface area contributed by atoms with Gasteiger partial charge in [0.05, 0.1) is 0 Å². The van der Waals surface area contributed by atoms with E-state index in [0.717, 1.165) is 25.7 Å². The van der Waals surface area contributed by atoms with Gasteiger partial charge in [0.15, 0.2) is 0 Å². The average molecular weight is 198 g/mol. The summed E-state index contributed by atoms with van der Waals surface area (Å²) in [4.78, 5) is 22.1. The summed E-state index contributed by atoms with van der Waals surface area (Å²) >= 11 is 0. The SMILES string of the molecule is C=C1OC(=O)CCCCCCC(=O)O1. The van der Waals surface area contributed by atoms with Crippen LogP contribution >= 0.6 is 0 Å². The maximum Gasteiger partial charge on any atom is 0.313 e. The van der Waals surface area contributed by atoms with E-state index in [4.69, 9.17) is 0 Å². The van der Waals surface area contributed by atoms with Crippen molar-refractivity contribution in [2.45, 2.75) is 38.5 Å². The van der Waals surface area contributed by atoms with Gasteiger partial charge in [-0.2, -0.15) is 0 Å². The van der Waals surface area contributed by atoms with E-state index in [1.807, 2.05) is 0 Å². The molecule has 1 aliphatic rings. The van der Waals surface area contributed by atoms with Crippen molar-refractivity contribution in [2.75, 3.05) is 0 Å². The van der Waals surface area contributed by atoms with Crippen molar-refractivity contribution in [2.24, 2.45) is 0 Å². The smallest absolute Gasteiger partial charge is 0.313 e. The first-order chi connectivity index (χ1) is 6.68. The molecule has 0 radical (unpaired) electrons. The molecular formula is C10H14O4. The normalized spacial score (nSPS) is 20.7. The van der Waals surface area contributed by atoms with Crippen LogP contribution in [0, 0.1) is 0 Å². The molecule has 4 nitrogen and oxygen atoms in total. The molecule has 0 aromatic heterocycles. The van der Waals surface area contributed by atoms with E-state index < -0.39 is 0 Å². The van der Waals surface area contributed by atoms with Crippen LogP contribution in [0.5, 0.6) is 0 Å². The summed E-state index contributed by atoms with van der Waals surface area (Å²) in [6, 6.07) is 0. The number of hydrogen-bond acceptors (Lipinski definition) is 4. The first-order valence-corrected chi connectivity index (χ1v) is 4.79. The second-order valence-corrected chi connectivity index (χ2v) is 3.23. The first-order valence-electron chi connectivity index (χ1n) is 4.79. The van der Waals surface area contributed by atoms with Crippen LogP contribution in [-0.4, -0.2) is 11.9 Å². The van der Waals surface area contributed by atoms with Gasteiger partial charge in [-0.1, -0.05) is 12.8 Å². The topological polar surface area (TPSA) is 52.6 Å². The molecule has 1 saturated heterocycles. The fourth-order valence-electron chi connectivity index (χ4n) is 1.27. The molecule has 0 aromatic carbocycles. The average Bonchev–Trinajstić information content (AvgIpc) is 2.11. The Bertz CT molecular complexity index is 221. The Morgan fingerprint density at radius 2 is 1.29 bits per heavy atom. The molecule has 1 aliphatic heterocycles. The van der Waals surface area contributed by atoms with E-state index in [0.29, 0.717) is 12.8 Å². The molecule has 0 aromatic rings. The Labute approximate surface area is 82.9 Å². The number of rotatable bonds is 0. The van der Waals surface area contributed by atoms with Gasteiger partial charge in [-0.05, 0) is 19.4 Å². The summed E-state index contributed by atoms with van der Waals surface area (Å²) in [6.07, 6.45) is 4.18. The summed E-state index contributed by atoms with van der Waals surface area (Å²) < 4.78 is 9.35. The molecule has 1 heterocycles. The van der Waals surface area contributed by atoms with Crippen LogP contribution in [0.2, 0.25) is 0 Å². The lowest BCUT2D eigenvalue weighted by molar-refractivity contribution is -0.153.